The molecule has 6 nitrogen and oxygen atoms in total. The molecule has 0 aliphatic rings. The fraction of sp³-hybridized carbons (Fsp3) is 0.294. The van der Waals surface area contributed by atoms with Crippen molar-refractivity contribution < 1.29 is 28.9 Å². The van der Waals surface area contributed by atoms with Crippen molar-refractivity contribution in [2.75, 3.05) is 0 Å². The molecule has 2 heterocycles. The average molecular weight is 316 g/mol. The Morgan fingerprint density at radius 3 is 1.39 bits per heavy atom. The van der Waals surface area contributed by atoms with Crippen LogP contribution >= 0.6 is 0 Å². The van der Waals surface area contributed by atoms with Gasteiger partial charge in [0.1, 0.15) is 0 Å². The van der Waals surface area contributed by atoms with Crippen LogP contribution < -0.4 is 9.13 Å². The van der Waals surface area contributed by atoms with Crippen molar-refractivity contribution in [3.8, 4) is 0 Å². The van der Waals surface area contributed by atoms with Crippen LogP contribution in [0.25, 0.3) is 0 Å². The molecule has 2 rings (SSSR count). The average Bonchev–Trinajstić information content (AvgIpc) is 2.50. The van der Waals surface area contributed by atoms with Crippen LogP contribution in [0, 0.1) is 0 Å². The van der Waals surface area contributed by atoms with E-state index in [0.717, 1.165) is 30.6 Å². The molecule has 0 aromatic carbocycles. The molecular weight excluding hydrogens is 296 g/mol. The summed E-state index contributed by atoms with van der Waals surface area (Å²) in [4.78, 5) is 21.2. The molecule has 0 amide bonds. The van der Waals surface area contributed by atoms with Crippen molar-refractivity contribution >= 4 is 11.9 Å². The molecule has 0 atom stereocenters. The van der Waals surface area contributed by atoms with Gasteiger partial charge in [-0.2, -0.15) is 0 Å². The fourth-order valence-corrected chi connectivity index (χ4v) is 2.30. The number of aryl methyl sites for hydroxylation is 2. The van der Waals surface area contributed by atoms with E-state index in [-0.39, 0.29) is 12.8 Å². The molecule has 0 radical (unpaired) electrons. The topological polar surface area (TPSA) is 82.4 Å². The van der Waals surface area contributed by atoms with Crippen LogP contribution in [0.2, 0.25) is 0 Å². The minimum absolute atomic E-state index is 0.0411. The predicted molar refractivity (Wildman–Crippen MR) is 80.6 cm³/mol. The van der Waals surface area contributed by atoms with Crippen LogP contribution in [0.4, 0.5) is 0 Å². The third kappa shape index (κ3) is 5.86. The number of carboxylic acids is 2. The molecular formula is C17H20N2O4+2. The highest BCUT2D eigenvalue weighted by Gasteiger charge is 2.07. The van der Waals surface area contributed by atoms with Gasteiger partial charge in [0.15, 0.2) is 37.9 Å². The summed E-state index contributed by atoms with van der Waals surface area (Å²) in [6, 6.07) is 7.29. The maximum Gasteiger partial charge on any atom is 0.307 e. The Hall–Kier alpha value is -2.76. The van der Waals surface area contributed by atoms with Gasteiger partial charge in [0.2, 0.25) is 0 Å². The van der Waals surface area contributed by atoms with Crippen molar-refractivity contribution in [3.63, 3.8) is 0 Å². The summed E-state index contributed by atoms with van der Waals surface area (Å²) in [5, 5.41) is 17.5. The van der Waals surface area contributed by atoms with Crippen molar-refractivity contribution in [1.29, 1.82) is 0 Å². The van der Waals surface area contributed by atoms with Crippen molar-refractivity contribution in [3.05, 3.63) is 60.2 Å². The molecule has 120 valence electrons. The van der Waals surface area contributed by atoms with Crippen LogP contribution in [0.3, 0.4) is 0 Å². The summed E-state index contributed by atoms with van der Waals surface area (Å²) >= 11 is 0. The Morgan fingerprint density at radius 2 is 1.09 bits per heavy atom. The first kappa shape index (κ1) is 16.6. The monoisotopic (exact) mass is 316 g/mol. The first-order valence-electron chi connectivity index (χ1n) is 7.42. The maximum atomic E-state index is 10.6. The van der Waals surface area contributed by atoms with Crippen LogP contribution in [0.5, 0.6) is 0 Å². The summed E-state index contributed by atoms with van der Waals surface area (Å²) < 4.78 is 4.04. The highest BCUT2D eigenvalue weighted by Crippen LogP contribution is 1.98. The number of carbonyl (C=O) groups is 2. The summed E-state index contributed by atoms with van der Waals surface area (Å²) in [6.45, 7) is 1.66. The van der Waals surface area contributed by atoms with Gasteiger partial charge in [-0.1, -0.05) is 0 Å². The Morgan fingerprint density at radius 1 is 0.739 bits per heavy atom. The summed E-state index contributed by atoms with van der Waals surface area (Å²) in [5.74, 6) is -1.66. The minimum Gasteiger partial charge on any atom is -0.481 e. The van der Waals surface area contributed by atoms with E-state index in [1.54, 1.807) is 0 Å². The smallest absolute Gasteiger partial charge is 0.307 e. The number of rotatable bonds is 8. The molecule has 2 aromatic rings. The van der Waals surface area contributed by atoms with E-state index in [1.807, 2.05) is 58.2 Å². The van der Waals surface area contributed by atoms with Gasteiger partial charge in [-0.3, -0.25) is 9.59 Å². The molecule has 23 heavy (non-hydrogen) atoms. The zero-order valence-corrected chi connectivity index (χ0v) is 12.8. The van der Waals surface area contributed by atoms with Gasteiger partial charge in [-0.15, -0.1) is 0 Å². The largest absolute Gasteiger partial charge is 0.481 e. The second-order valence-electron chi connectivity index (χ2n) is 5.38. The van der Waals surface area contributed by atoms with Gasteiger partial charge in [0.25, 0.3) is 0 Å². The van der Waals surface area contributed by atoms with Crippen LogP contribution in [0.15, 0.2) is 49.1 Å². The van der Waals surface area contributed by atoms with Crippen LogP contribution in [0.1, 0.15) is 17.5 Å². The molecule has 0 spiro atoms. The van der Waals surface area contributed by atoms with E-state index in [0.29, 0.717) is 0 Å². The lowest BCUT2D eigenvalue weighted by Gasteiger charge is -1.99. The van der Waals surface area contributed by atoms with Gasteiger partial charge in [-0.05, 0) is 11.1 Å². The lowest BCUT2D eigenvalue weighted by molar-refractivity contribution is -0.727. The number of hydrogen-bond acceptors (Lipinski definition) is 2. The molecule has 0 unspecified atom stereocenters. The molecule has 0 saturated carbocycles. The number of aromatic nitrogens is 2. The SMILES string of the molecule is O=C(O)Cc1cc[n+](CCC[n+]2ccc(CC(=O)O)cc2)cc1. The third-order valence-corrected chi connectivity index (χ3v) is 3.46. The highest BCUT2D eigenvalue weighted by molar-refractivity contribution is 5.70. The van der Waals surface area contributed by atoms with E-state index in [2.05, 4.69) is 0 Å². The van der Waals surface area contributed by atoms with E-state index in [1.165, 1.54) is 0 Å². The summed E-state index contributed by atoms with van der Waals surface area (Å²) in [5.41, 5.74) is 1.58. The van der Waals surface area contributed by atoms with E-state index < -0.39 is 11.9 Å². The van der Waals surface area contributed by atoms with Gasteiger partial charge in [0.05, 0.1) is 19.3 Å². The highest BCUT2D eigenvalue weighted by atomic mass is 16.4. The second-order valence-corrected chi connectivity index (χ2v) is 5.38. The second kappa shape index (κ2) is 8.03. The molecule has 0 bridgehead atoms. The Bertz CT molecular complexity index is 606. The van der Waals surface area contributed by atoms with Crippen molar-refractivity contribution in [1.82, 2.24) is 0 Å². The summed E-state index contributed by atoms with van der Waals surface area (Å²) in [6.07, 6.45) is 8.56. The minimum atomic E-state index is -0.828. The number of pyridine rings is 2. The zero-order valence-electron chi connectivity index (χ0n) is 12.8. The number of hydrogen-bond donors (Lipinski definition) is 2. The van der Waals surface area contributed by atoms with Gasteiger partial charge in [-0.25, -0.2) is 9.13 Å². The standard InChI is InChI=1S/C17H18N2O4/c20-16(21)12-14-2-8-18(9-3-14)6-1-7-19-10-4-15(5-11-19)13-17(22)23/h2-5,8-11H,1,6-7,12-13H2/p+2. The third-order valence-electron chi connectivity index (χ3n) is 3.46. The zero-order chi connectivity index (χ0) is 16.7. The van der Waals surface area contributed by atoms with E-state index >= 15 is 0 Å². The summed E-state index contributed by atoms with van der Waals surface area (Å²) in [7, 11) is 0. The molecule has 0 aliphatic carbocycles. The molecule has 6 heteroatoms. The van der Waals surface area contributed by atoms with Gasteiger partial charge in [0, 0.05) is 24.3 Å². The molecule has 0 saturated heterocycles. The number of nitrogens with zero attached hydrogens (tertiary/aromatic N) is 2. The first-order chi connectivity index (χ1) is 11.0. The fourth-order valence-electron chi connectivity index (χ4n) is 2.30. The molecule has 2 N–H and O–H groups in total. The molecule has 0 fully saturated rings. The Balaban J connectivity index is 1.80. The molecule has 2 aromatic heterocycles. The van der Waals surface area contributed by atoms with Crippen LogP contribution in [-0.4, -0.2) is 22.2 Å². The molecule has 0 aliphatic heterocycles. The predicted octanol–water partition coefficient (Wildman–Crippen LogP) is 0.606. The van der Waals surface area contributed by atoms with Crippen molar-refractivity contribution in [2.24, 2.45) is 0 Å². The Kier molecular flexibility index (Phi) is 5.80. The van der Waals surface area contributed by atoms with E-state index in [9.17, 15) is 9.59 Å². The Labute approximate surface area is 134 Å². The number of aliphatic carboxylic acids is 2. The van der Waals surface area contributed by atoms with Crippen LogP contribution in [-0.2, 0) is 35.5 Å². The maximum absolute atomic E-state index is 10.6. The normalized spacial score (nSPS) is 10.4. The first-order valence-corrected chi connectivity index (χ1v) is 7.42. The van der Waals surface area contributed by atoms with Gasteiger partial charge >= 0.3 is 11.9 Å². The lowest BCUT2D eigenvalue weighted by Crippen LogP contribution is -2.38. The van der Waals surface area contributed by atoms with E-state index in [4.69, 9.17) is 10.2 Å². The quantitative estimate of drug-likeness (QED) is 0.699. The van der Waals surface area contributed by atoms with Crippen molar-refractivity contribution in [2.45, 2.75) is 32.4 Å². The number of carboxylic acid groups (broad SMARTS) is 2. The van der Waals surface area contributed by atoms with Gasteiger partial charge < -0.3 is 10.2 Å². The lowest BCUT2D eigenvalue weighted by atomic mass is 10.2.